The molecular weight excluding hydrogens is 334 g/mol. The molecule has 0 aliphatic heterocycles. The number of primary amides is 1. The SMILES string of the molecule is COc1cc(/C=N/NC(N)=O)cc(Br)c1OCC(=O)O. The summed E-state index contributed by atoms with van der Waals surface area (Å²) in [6.45, 7) is -0.494. The molecule has 0 spiro atoms. The minimum atomic E-state index is -1.10. The molecule has 1 aromatic rings. The summed E-state index contributed by atoms with van der Waals surface area (Å²) in [6, 6.07) is 2.40. The summed E-state index contributed by atoms with van der Waals surface area (Å²) in [4.78, 5) is 21.0. The molecule has 4 N–H and O–H groups in total. The van der Waals surface area contributed by atoms with E-state index in [0.717, 1.165) is 0 Å². The van der Waals surface area contributed by atoms with E-state index < -0.39 is 18.6 Å². The second-order valence-corrected chi connectivity index (χ2v) is 4.31. The predicted octanol–water partition coefficient (Wildman–Crippen LogP) is 0.923. The highest BCUT2D eigenvalue weighted by atomic mass is 79.9. The molecule has 9 heteroatoms. The van der Waals surface area contributed by atoms with Crippen molar-refractivity contribution in [3.8, 4) is 11.5 Å². The predicted molar refractivity (Wildman–Crippen MR) is 74.1 cm³/mol. The first kappa shape index (κ1) is 15.8. The van der Waals surface area contributed by atoms with Gasteiger partial charge in [0.05, 0.1) is 17.8 Å². The van der Waals surface area contributed by atoms with Gasteiger partial charge in [-0.25, -0.2) is 15.0 Å². The largest absolute Gasteiger partial charge is 0.493 e. The van der Waals surface area contributed by atoms with Crippen LogP contribution in [0.5, 0.6) is 11.5 Å². The lowest BCUT2D eigenvalue weighted by molar-refractivity contribution is -0.139. The smallest absolute Gasteiger partial charge is 0.341 e. The molecule has 0 atom stereocenters. The number of aliphatic carboxylic acids is 1. The second kappa shape index (κ2) is 7.34. The Kier molecular flexibility index (Phi) is 5.78. The Bertz CT molecular complexity index is 547. The zero-order valence-electron chi connectivity index (χ0n) is 10.4. The molecule has 0 radical (unpaired) electrons. The topological polar surface area (TPSA) is 123 Å². The first-order valence-corrected chi connectivity index (χ1v) is 6.04. The third-order valence-corrected chi connectivity index (χ3v) is 2.57. The number of hydrogen-bond acceptors (Lipinski definition) is 5. The van der Waals surface area contributed by atoms with Gasteiger partial charge in [-0.1, -0.05) is 0 Å². The number of hydrogen-bond donors (Lipinski definition) is 3. The lowest BCUT2D eigenvalue weighted by Crippen LogP contribution is -2.24. The number of carboxylic acids is 1. The standard InChI is InChI=1S/C11H12BrN3O5/c1-19-8-3-6(4-14-15-11(13)18)2-7(12)10(8)20-5-9(16)17/h2-4H,5H2,1H3,(H,16,17)(H3,13,15,18)/b14-4+. The maximum absolute atomic E-state index is 10.5. The monoisotopic (exact) mass is 345 g/mol. The van der Waals surface area contributed by atoms with Gasteiger partial charge in [-0.2, -0.15) is 5.10 Å². The number of ether oxygens (including phenoxy) is 2. The summed E-state index contributed by atoms with van der Waals surface area (Å²) in [5.74, 6) is -0.522. The Morgan fingerprint density at radius 3 is 2.80 bits per heavy atom. The molecule has 1 aromatic carbocycles. The van der Waals surface area contributed by atoms with E-state index in [2.05, 4.69) is 21.0 Å². The summed E-state index contributed by atoms with van der Waals surface area (Å²) in [5, 5.41) is 12.2. The highest BCUT2D eigenvalue weighted by molar-refractivity contribution is 9.10. The number of hydrazone groups is 1. The van der Waals surface area contributed by atoms with Crippen LogP contribution in [-0.2, 0) is 4.79 Å². The molecule has 0 saturated carbocycles. The molecule has 8 nitrogen and oxygen atoms in total. The quantitative estimate of drug-likeness (QED) is 0.522. The number of halogens is 1. The van der Waals surface area contributed by atoms with Gasteiger partial charge in [0.15, 0.2) is 18.1 Å². The zero-order chi connectivity index (χ0) is 15.1. The Hall–Kier alpha value is -2.29. The number of benzene rings is 1. The molecule has 1 rings (SSSR count). The molecule has 0 aromatic heterocycles. The Morgan fingerprint density at radius 2 is 2.25 bits per heavy atom. The highest BCUT2D eigenvalue weighted by Crippen LogP contribution is 2.36. The van der Waals surface area contributed by atoms with E-state index in [0.29, 0.717) is 15.8 Å². The fourth-order valence-electron chi connectivity index (χ4n) is 1.26. The first-order chi connectivity index (χ1) is 9.43. The number of methoxy groups -OCH3 is 1. The number of nitrogens with one attached hydrogen (secondary N) is 1. The number of amides is 2. The van der Waals surface area contributed by atoms with Crippen LogP contribution >= 0.6 is 15.9 Å². The number of nitrogens with zero attached hydrogens (tertiary/aromatic N) is 1. The van der Waals surface area contributed by atoms with E-state index in [-0.39, 0.29) is 5.75 Å². The summed E-state index contributed by atoms with van der Waals surface area (Å²) in [7, 11) is 1.41. The second-order valence-electron chi connectivity index (χ2n) is 3.45. The van der Waals surface area contributed by atoms with Gasteiger partial charge in [0.1, 0.15) is 0 Å². The highest BCUT2D eigenvalue weighted by Gasteiger charge is 2.12. The zero-order valence-corrected chi connectivity index (χ0v) is 12.0. The van der Waals surface area contributed by atoms with Gasteiger partial charge >= 0.3 is 12.0 Å². The number of nitrogens with two attached hydrogens (primary N) is 1. The van der Waals surface area contributed by atoms with Crippen LogP contribution in [0.15, 0.2) is 21.7 Å². The van der Waals surface area contributed by atoms with Crippen molar-refractivity contribution in [2.24, 2.45) is 10.8 Å². The average molecular weight is 346 g/mol. The van der Waals surface area contributed by atoms with Crippen molar-refractivity contribution in [1.29, 1.82) is 0 Å². The summed E-state index contributed by atoms with van der Waals surface area (Å²) >= 11 is 3.24. The number of rotatable bonds is 6. The van der Waals surface area contributed by atoms with E-state index in [9.17, 15) is 9.59 Å². The fraction of sp³-hybridized carbons (Fsp3) is 0.182. The minimum Gasteiger partial charge on any atom is -0.493 e. The van der Waals surface area contributed by atoms with Crippen LogP contribution in [0, 0.1) is 0 Å². The molecule has 0 aliphatic rings. The Balaban J connectivity index is 2.97. The molecule has 0 saturated heterocycles. The summed E-state index contributed by atoms with van der Waals surface area (Å²) in [6.07, 6.45) is 1.35. The minimum absolute atomic E-state index is 0.259. The van der Waals surface area contributed by atoms with Crippen LogP contribution in [0.3, 0.4) is 0 Å². The third-order valence-electron chi connectivity index (χ3n) is 1.98. The van der Waals surface area contributed by atoms with Crippen molar-refractivity contribution in [3.05, 3.63) is 22.2 Å². The van der Waals surface area contributed by atoms with Crippen molar-refractivity contribution in [2.75, 3.05) is 13.7 Å². The van der Waals surface area contributed by atoms with Crippen LogP contribution in [0.4, 0.5) is 4.79 Å². The van der Waals surface area contributed by atoms with E-state index >= 15 is 0 Å². The number of carbonyl (C=O) groups excluding carboxylic acids is 1. The van der Waals surface area contributed by atoms with Crippen LogP contribution in [0.25, 0.3) is 0 Å². The van der Waals surface area contributed by atoms with Crippen molar-refractivity contribution in [2.45, 2.75) is 0 Å². The number of carboxylic acid groups (broad SMARTS) is 1. The van der Waals surface area contributed by atoms with Crippen LogP contribution < -0.4 is 20.6 Å². The van der Waals surface area contributed by atoms with E-state index in [1.54, 1.807) is 12.1 Å². The molecule has 0 heterocycles. The van der Waals surface area contributed by atoms with Crippen LogP contribution in [0.2, 0.25) is 0 Å². The third kappa shape index (κ3) is 4.76. The molecule has 20 heavy (non-hydrogen) atoms. The van der Waals surface area contributed by atoms with Crippen LogP contribution in [0.1, 0.15) is 5.56 Å². The van der Waals surface area contributed by atoms with E-state index in [1.807, 2.05) is 5.43 Å². The van der Waals surface area contributed by atoms with Crippen molar-refractivity contribution in [1.82, 2.24) is 5.43 Å². The molecular formula is C11H12BrN3O5. The number of carbonyl (C=O) groups is 2. The van der Waals surface area contributed by atoms with E-state index in [1.165, 1.54) is 13.3 Å². The first-order valence-electron chi connectivity index (χ1n) is 5.24. The number of urea groups is 1. The van der Waals surface area contributed by atoms with Crippen molar-refractivity contribution >= 4 is 34.1 Å². The maximum Gasteiger partial charge on any atom is 0.341 e. The van der Waals surface area contributed by atoms with Gasteiger partial charge in [0, 0.05) is 0 Å². The molecule has 0 fully saturated rings. The van der Waals surface area contributed by atoms with Gasteiger partial charge in [-0.05, 0) is 33.6 Å². The van der Waals surface area contributed by atoms with Crippen LogP contribution in [-0.4, -0.2) is 37.0 Å². The summed E-state index contributed by atoms with van der Waals surface area (Å²) in [5.41, 5.74) is 7.50. The molecule has 2 amide bonds. The average Bonchev–Trinajstić information content (AvgIpc) is 2.36. The molecule has 108 valence electrons. The lowest BCUT2D eigenvalue weighted by Gasteiger charge is -2.11. The van der Waals surface area contributed by atoms with Gasteiger partial charge in [-0.15, -0.1) is 0 Å². The lowest BCUT2D eigenvalue weighted by atomic mass is 10.2. The van der Waals surface area contributed by atoms with Gasteiger partial charge in [-0.3, -0.25) is 0 Å². The van der Waals surface area contributed by atoms with Crippen molar-refractivity contribution in [3.63, 3.8) is 0 Å². The molecule has 0 bridgehead atoms. The van der Waals surface area contributed by atoms with E-state index in [4.69, 9.17) is 20.3 Å². The summed E-state index contributed by atoms with van der Waals surface area (Å²) < 4.78 is 10.7. The Labute approximate surface area is 122 Å². The van der Waals surface area contributed by atoms with Gasteiger partial charge < -0.3 is 20.3 Å². The van der Waals surface area contributed by atoms with Crippen molar-refractivity contribution < 1.29 is 24.2 Å². The fourth-order valence-corrected chi connectivity index (χ4v) is 1.83. The molecule has 0 unspecified atom stereocenters. The molecule has 0 aliphatic carbocycles. The normalized spacial score (nSPS) is 10.3. The maximum atomic E-state index is 10.5. The van der Waals surface area contributed by atoms with Gasteiger partial charge in [0.2, 0.25) is 0 Å². The van der Waals surface area contributed by atoms with Gasteiger partial charge in [0.25, 0.3) is 0 Å². The Morgan fingerprint density at radius 1 is 1.55 bits per heavy atom.